The van der Waals surface area contributed by atoms with Gasteiger partial charge in [0.2, 0.25) is 0 Å². The van der Waals surface area contributed by atoms with Crippen molar-refractivity contribution in [2.45, 2.75) is 25.0 Å². The number of methoxy groups -OCH3 is 1. The van der Waals surface area contributed by atoms with Crippen molar-refractivity contribution in [3.05, 3.63) is 29.8 Å². The number of nitrogens with two attached hydrogens (primary N) is 1. The summed E-state index contributed by atoms with van der Waals surface area (Å²) in [4.78, 5) is 0. The molecular weight excluding hydrogens is 278 g/mol. The van der Waals surface area contributed by atoms with E-state index in [0.29, 0.717) is 6.61 Å². The first-order chi connectivity index (χ1) is 9.50. The SMILES string of the molecule is COc1ccc(C(N)CS(=O)(=O)CC2CCCO2)cc1. The lowest BCUT2D eigenvalue weighted by atomic mass is 10.1. The van der Waals surface area contributed by atoms with Crippen LogP contribution in [0.15, 0.2) is 24.3 Å². The van der Waals surface area contributed by atoms with Gasteiger partial charge >= 0.3 is 0 Å². The molecule has 0 amide bonds. The number of hydrogen-bond acceptors (Lipinski definition) is 5. The Hall–Kier alpha value is -1.11. The summed E-state index contributed by atoms with van der Waals surface area (Å²) >= 11 is 0. The van der Waals surface area contributed by atoms with Gasteiger partial charge in [-0.05, 0) is 30.5 Å². The molecule has 112 valence electrons. The molecule has 0 aliphatic carbocycles. The largest absolute Gasteiger partial charge is 0.497 e. The molecule has 5 nitrogen and oxygen atoms in total. The number of ether oxygens (including phenoxy) is 2. The Balaban J connectivity index is 1.96. The zero-order valence-corrected chi connectivity index (χ0v) is 12.4. The van der Waals surface area contributed by atoms with Crippen molar-refractivity contribution in [2.24, 2.45) is 5.73 Å². The van der Waals surface area contributed by atoms with E-state index in [0.717, 1.165) is 24.2 Å². The van der Waals surface area contributed by atoms with E-state index >= 15 is 0 Å². The second-order valence-electron chi connectivity index (χ2n) is 5.09. The zero-order valence-electron chi connectivity index (χ0n) is 11.6. The number of rotatable bonds is 6. The van der Waals surface area contributed by atoms with Crippen LogP contribution in [0.4, 0.5) is 0 Å². The maximum atomic E-state index is 12.1. The highest BCUT2D eigenvalue weighted by Crippen LogP contribution is 2.19. The quantitative estimate of drug-likeness (QED) is 0.856. The van der Waals surface area contributed by atoms with E-state index in [-0.39, 0.29) is 17.6 Å². The number of sulfone groups is 1. The Bertz CT molecular complexity index is 521. The fraction of sp³-hybridized carbons (Fsp3) is 0.571. The van der Waals surface area contributed by atoms with Crippen molar-refractivity contribution in [1.82, 2.24) is 0 Å². The third-order valence-corrected chi connectivity index (χ3v) is 5.19. The van der Waals surface area contributed by atoms with Gasteiger partial charge in [-0.3, -0.25) is 0 Å². The van der Waals surface area contributed by atoms with Gasteiger partial charge in [0.1, 0.15) is 5.75 Å². The van der Waals surface area contributed by atoms with Gasteiger partial charge in [0.05, 0.1) is 24.7 Å². The first kappa shape index (κ1) is 15.3. The second-order valence-corrected chi connectivity index (χ2v) is 7.25. The van der Waals surface area contributed by atoms with Crippen LogP contribution in [-0.4, -0.2) is 39.7 Å². The van der Waals surface area contributed by atoms with Crippen LogP contribution in [-0.2, 0) is 14.6 Å². The van der Waals surface area contributed by atoms with Crippen molar-refractivity contribution in [1.29, 1.82) is 0 Å². The van der Waals surface area contributed by atoms with Crippen LogP contribution in [0, 0.1) is 0 Å². The molecule has 1 fully saturated rings. The molecule has 1 aliphatic heterocycles. The highest BCUT2D eigenvalue weighted by molar-refractivity contribution is 7.91. The topological polar surface area (TPSA) is 78.6 Å². The normalized spacial score (nSPS) is 20.8. The highest BCUT2D eigenvalue weighted by atomic mass is 32.2. The van der Waals surface area contributed by atoms with Gasteiger partial charge in [-0.2, -0.15) is 0 Å². The monoisotopic (exact) mass is 299 g/mol. The van der Waals surface area contributed by atoms with E-state index in [9.17, 15) is 8.42 Å². The van der Waals surface area contributed by atoms with Crippen LogP contribution in [0.5, 0.6) is 5.75 Å². The van der Waals surface area contributed by atoms with E-state index in [1.54, 1.807) is 31.4 Å². The van der Waals surface area contributed by atoms with E-state index in [1.807, 2.05) is 0 Å². The van der Waals surface area contributed by atoms with Gasteiger partial charge < -0.3 is 15.2 Å². The smallest absolute Gasteiger partial charge is 0.154 e. The minimum absolute atomic E-state index is 0.0564. The summed E-state index contributed by atoms with van der Waals surface area (Å²) in [6.45, 7) is 0.657. The van der Waals surface area contributed by atoms with E-state index in [2.05, 4.69) is 0 Å². The minimum Gasteiger partial charge on any atom is -0.497 e. The Morgan fingerprint density at radius 2 is 2.10 bits per heavy atom. The molecule has 0 bridgehead atoms. The lowest BCUT2D eigenvalue weighted by Crippen LogP contribution is -2.28. The fourth-order valence-corrected chi connectivity index (χ4v) is 4.05. The van der Waals surface area contributed by atoms with Crippen molar-refractivity contribution < 1.29 is 17.9 Å². The van der Waals surface area contributed by atoms with Crippen LogP contribution in [0.25, 0.3) is 0 Å². The molecule has 1 saturated heterocycles. The predicted molar refractivity (Wildman–Crippen MR) is 77.6 cm³/mol. The first-order valence-corrected chi connectivity index (χ1v) is 8.54. The van der Waals surface area contributed by atoms with Crippen molar-refractivity contribution in [3.63, 3.8) is 0 Å². The van der Waals surface area contributed by atoms with Crippen LogP contribution < -0.4 is 10.5 Å². The summed E-state index contributed by atoms with van der Waals surface area (Å²) in [6, 6.07) is 6.63. The minimum atomic E-state index is -3.21. The van der Waals surface area contributed by atoms with Crippen molar-refractivity contribution in [2.75, 3.05) is 25.2 Å². The Labute approximate surface area is 120 Å². The third kappa shape index (κ3) is 4.19. The number of benzene rings is 1. The summed E-state index contributed by atoms with van der Waals surface area (Å²) in [6.07, 6.45) is 1.59. The Kier molecular flexibility index (Phi) is 5.01. The first-order valence-electron chi connectivity index (χ1n) is 6.72. The second kappa shape index (κ2) is 6.56. The summed E-state index contributed by atoms with van der Waals surface area (Å²) in [7, 11) is -1.63. The molecule has 0 spiro atoms. The van der Waals surface area contributed by atoms with E-state index in [1.165, 1.54) is 0 Å². The number of hydrogen-bond donors (Lipinski definition) is 1. The molecule has 1 aliphatic rings. The fourth-order valence-electron chi connectivity index (χ4n) is 2.35. The molecule has 2 atom stereocenters. The molecule has 1 aromatic carbocycles. The maximum absolute atomic E-state index is 12.1. The molecule has 0 radical (unpaired) electrons. The third-order valence-electron chi connectivity index (χ3n) is 3.44. The molecule has 20 heavy (non-hydrogen) atoms. The van der Waals surface area contributed by atoms with Gasteiger partial charge in [-0.1, -0.05) is 12.1 Å². The average molecular weight is 299 g/mol. The van der Waals surface area contributed by atoms with Crippen LogP contribution in [0.1, 0.15) is 24.4 Å². The average Bonchev–Trinajstić information content (AvgIpc) is 2.90. The molecule has 2 rings (SSSR count). The molecule has 1 heterocycles. The summed E-state index contributed by atoms with van der Waals surface area (Å²) in [5, 5.41) is 0. The van der Waals surface area contributed by atoms with Gasteiger partial charge in [0.25, 0.3) is 0 Å². The predicted octanol–water partition coefficient (Wildman–Crippen LogP) is 1.29. The molecule has 1 aromatic rings. The van der Waals surface area contributed by atoms with E-state index in [4.69, 9.17) is 15.2 Å². The van der Waals surface area contributed by atoms with Gasteiger partial charge in [0, 0.05) is 12.6 Å². The zero-order chi connectivity index (χ0) is 14.6. The molecule has 0 saturated carbocycles. The van der Waals surface area contributed by atoms with Gasteiger partial charge in [-0.25, -0.2) is 8.42 Å². The Morgan fingerprint density at radius 3 is 2.65 bits per heavy atom. The molecular formula is C14H21NO4S. The van der Waals surface area contributed by atoms with Crippen LogP contribution in [0.3, 0.4) is 0 Å². The standard InChI is InChI=1S/C14H21NO4S/c1-18-12-6-4-11(5-7-12)14(15)10-20(16,17)9-13-3-2-8-19-13/h4-7,13-14H,2-3,8-10,15H2,1H3. The summed E-state index contributed by atoms with van der Waals surface area (Å²) in [5.41, 5.74) is 6.78. The van der Waals surface area contributed by atoms with Crippen LogP contribution >= 0.6 is 0 Å². The van der Waals surface area contributed by atoms with Crippen molar-refractivity contribution in [3.8, 4) is 5.75 Å². The van der Waals surface area contributed by atoms with Crippen LogP contribution in [0.2, 0.25) is 0 Å². The Morgan fingerprint density at radius 1 is 1.40 bits per heavy atom. The van der Waals surface area contributed by atoms with Gasteiger partial charge in [0.15, 0.2) is 9.84 Å². The molecule has 0 aromatic heterocycles. The summed E-state index contributed by atoms with van der Waals surface area (Å²) < 4.78 is 34.7. The highest BCUT2D eigenvalue weighted by Gasteiger charge is 2.25. The maximum Gasteiger partial charge on any atom is 0.154 e. The molecule has 2 N–H and O–H groups in total. The molecule has 6 heteroatoms. The van der Waals surface area contributed by atoms with E-state index < -0.39 is 15.9 Å². The van der Waals surface area contributed by atoms with Gasteiger partial charge in [-0.15, -0.1) is 0 Å². The lowest BCUT2D eigenvalue weighted by Gasteiger charge is -2.15. The summed E-state index contributed by atoms with van der Waals surface area (Å²) in [5.74, 6) is 0.735. The lowest BCUT2D eigenvalue weighted by molar-refractivity contribution is 0.127. The van der Waals surface area contributed by atoms with Crippen molar-refractivity contribution >= 4 is 9.84 Å². The molecule has 2 unspecified atom stereocenters.